The number of allylic oxidation sites excluding steroid dienone is 2. The third-order valence-electron chi connectivity index (χ3n) is 13.1. The third-order valence-corrected chi connectivity index (χ3v) is 13.1. The molecule has 1 saturated heterocycles. The van der Waals surface area contributed by atoms with Crippen LogP contribution in [0, 0.1) is 23.7 Å². The largest absolute Gasteiger partial charge is 0.480 e. The highest BCUT2D eigenvalue weighted by atomic mass is 16.5. The molecule has 0 bridgehead atoms. The summed E-state index contributed by atoms with van der Waals surface area (Å²) in [6, 6.07) is 9.37. The summed E-state index contributed by atoms with van der Waals surface area (Å²) in [5.41, 5.74) is 13.0. The van der Waals surface area contributed by atoms with Gasteiger partial charge < -0.3 is 63.2 Å². The smallest absolute Gasteiger partial charge is 0.327 e. The van der Waals surface area contributed by atoms with Gasteiger partial charge in [0.1, 0.15) is 35.9 Å². The van der Waals surface area contributed by atoms with Crippen molar-refractivity contribution >= 4 is 59.2 Å². The Bertz CT molecular complexity index is 2480. The van der Waals surface area contributed by atoms with E-state index in [1.165, 1.54) is 27.0 Å². The summed E-state index contributed by atoms with van der Waals surface area (Å²) in [5.74, 6) is -12.7. The SMILES string of the molecule is C=C1C(=O)NC(Cc2ccccc2)C(=O)N[C@@H](CC(C)C)C(=O)N[C@@H](C(=O)O)[C@H](C)C(=O)N[C@@H](CCCN=C(N)N)C(=O)NC(/C=C/C(C)=C/[C@H](C)[C@H](Cc2ccccc2)OC)[C@H](C)C(=O)NC(C(=O)O)CCC(=O)N1C. The zero-order valence-corrected chi connectivity index (χ0v) is 45.2. The fourth-order valence-electron chi connectivity index (χ4n) is 8.39. The van der Waals surface area contributed by atoms with Gasteiger partial charge in [0.05, 0.1) is 24.0 Å². The lowest BCUT2D eigenvalue weighted by Gasteiger charge is -2.29. The maximum Gasteiger partial charge on any atom is 0.327 e. The number of likely N-dealkylation sites (N-methyl/N-ethyl adjacent to an activating group) is 1. The molecule has 0 aromatic heterocycles. The number of nitrogens with zero attached hydrogens (tertiary/aromatic N) is 2. The van der Waals surface area contributed by atoms with Gasteiger partial charge >= 0.3 is 11.9 Å². The second-order valence-electron chi connectivity index (χ2n) is 19.8. The van der Waals surface area contributed by atoms with Crippen molar-refractivity contribution < 1.29 is 58.1 Å². The van der Waals surface area contributed by atoms with Gasteiger partial charge in [-0.1, -0.05) is 126 Å². The summed E-state index contributed by atoms with van der Waals surface area (Å²) < 4.78 is 5.83. The molecule has 2 aromatic rings. The number of carbonyl (C=O) groups excluding carboxylic acids is 7. The van der Waals surface area contributed by atoms with Gasteiger partial charge in [0.25, 0.3) is 5.91 Å². The molecular weight excluding hydrogens is 993 g/mol. The molecule has 0 saturated carbocycles. The summed E-state index contributed by atoms with van der Waals surface area (Å²) in [4.78, 5) is 129. The van der Waals surface area contributed by atoms with Gasteiger partial charge in [-0.15, -0.1) is 0 Å². The molecule has 3 rings (SSSR count). The highest BCUT2D eigenvalue weighted by Crippen LogP contribution is 2.19. The highest BCUT2D eigenvalue weighted by Gasteiger charge is 2.38. The number of hydrogen-bond acceptors (Lipinski definition) is 11. The van der Waals surface area contributed by atoms with E-state index in [4.69, 9.17) is 16.2 Å². The molecule has 77 heavy (non-hydrogen) atoms. The Hall–Kier alpha value is -7.88. The van der Waals surface area contributed by atoms with Crippen LogP contribution < -0.4 is 43.4 Å². The molecule has 3 unspecified atom stereocenters. The van der Waals surface area contributed by atoms with Crippen LogP contribution in [0.15, 0.2) is 102 Å². The minimum Gasteiger partial charge on any atom is -0.480 e. The number of ether oxygens (including phenoxy) is 1. The van der Waals surface area contributed by atoms with Gasteiger partial charge in [-0.2, -0.15) is 0 Å². The normalized spacial score (nSPS) is 24.2. The molecule has 420 valence electrons. The maximum absolute atomic E-state index is 14.5. The number of carboxylic acids is 2. The zero-order chi connectivity index (χ0) is 57.5. The Balaban J connectivity index is 2.16. The van der Waals surface area contributed by atoms with Crippen LogP contribution in [0.25, 0.3) is 0 Å². The molecule has 1 heterocycles. The number of carboxylic acid groups (broad SMARTS) is 2. The van der Waals surface area contributed by atoms with Gasteiger partial charge in [-0.3, -0.25) is 38.6 Å². The molecular formula is C55H78N10O12. The summed E-state index contributed by atoms with van der Waals surface area (Å²) in [6.07, 6.45) is 4.47. The lowest BCUT2D eigenvalue weighted by Crippen LogP contribution is -2.59. The number of guanidine groups is 1. The van der Waals surface area contributed by atoms with Crippen molar-refractivity contribution in [2.24, 2.45) is 40.1 Å². The number of amides is 7. The van der Waals surface area contributed by atoms with E-state index in [2.05, 4.69) is 43.5 Å². The predicted molar refractivity (Wildman–Crippen MR) is 289 cm³/mol. The zero-order valence-electron chi connectivity index (χ0n) is 45.2. The standard InChI is InChI=1S/C55H78N10O12/c1-31(2)27-42-52(72)64-46(54(75)76)35(6)48(68)60-40(21-16-26-58-55(56)57)50(70)59-39(23-22-32(3)28-33(4)44(77-9)30-38-19-14-11-15-20-38)34(5)47(67)61-41(53(73)74)24-25-45(66)65(8)36(7)49(69)62-43(51(71)63-42)29-37-17-12-10-13-18-37/h10-15,17-20,22-23,28,31,33-35,39-44,46H,7,16,21,24-27,29-30H2,1-6,8-9H3,(H,59,70)(H,60,68)(H,61,67)(H,62,69)(H,63,71)(H,64,72)(H,73,74)(H,75,76)(H4,56,57,58)/b23-22+,32-28+/t33-,34-,35-,39?,40-,41?,42-,43?,44-,46+/m0/s1. The lowest BCUT2D eigenvalue weighted by atomic mass is 9.94. The Labute approximate surface area is 450 Å². The van der Waals surface area contributed by atoms with Crippen molar-refractivity contribution in [1.82, 2.24) is 36.8 Å². The van der Waals surface area contributed by atoms with Crippen LogP contribution in [0.2, 0.25) is 0 Å². The Morgan fingerprint density at radius 1 is 0.779 bits per heavy atom. The van der Waals surface area contributed by atoms with Crippen LogP contribution in [-0.2, 0) is 60.7 Å². The quantitative estimate of drug-likeness (QED) is 0.0356. The minimum absolute atomic E-state index is 0.0164. The molecule has 2 aromatic carbocycles. The number of nitrogens with one attached hydrogen (secondary N) is 6. The van der Waals surface area contributed by atoms with Crippen molar-refractivity contribution in [3.63, 3.8) is 0 Å². The molecule has 0 spiro atoms. The molecule has 0 aliphatic carbocycles. The molecule has 22 heteroatoms. The van der Waals surface area contributed by atoms with Crippen LogP contribution in [0.4, 0.5) is 0 Å². The number of hydrogen-bond donors (Lipinski definition) is 10. The van der Waals surface area contributed by atoms with Crippen LogP contribution in [0.5, 0.6) is 0 Å². The van der Waals surface area contributed by atoms with E-state index >= 15 is 0 Å². The van der Waals surface area contributed by atoms with Crippen LogP contribution in [-0.4, -0.2) is 137 Å². The molecule has 22 nitrogen and oxygen atoms in total. The summed E-state index contributed by atoms with van der Waals surface area (Å²) in [7, 11) is 2.84. The van der Waals surface area contributed by atoms with E-state index in [-0.39, 0.29) is 56.1 Å². The van der Waals surface area contributed by atoms with Crippen molar-refractivity contribution in [3.8, 4) is 0 Å². The topological polar surface area (TPSA) is 343 Å². The van der Waals surface area contributed by atoms with E-state index in [0.29, 0.717) is 17.6 Å². The van der Waals surface area contributed by atoms with E-state index in [9.17, 15) is 53.4 Å². The molecule has 7 amide bonds. The van der Waals surface area contributed by atoms with Crippen LogP contribution in [0.3, 0.4) is 0 Å². The van der Waals surface area contributed by atoms with Gasteiger partial charge in [-0.05, 0) is 56.1 Å². The van der Waals surface area contributed by atoms with Crippen molar-refractivity contribution in [1.29, 1.82) is 0 Å². The number of methoxy groups -OCH3 is 1. The highest BCUT2D eigenvalue weighted by molar-refractivity contribution is 6.00. The van der Waals surface area contributed by atoms with Gasteiger partial charge in [0.2, 0.25) is 35.4 Å². The Kier molecular flexibility index (Phi) is 25.7. The number of rotatable bonds is 17. The third kappa shape index (κ3) is 21.0. The monoisotopic (exact) mass is 1070 g/mol. The molecule has 12 N–H and O–H groups in total. The molecule has 1 aliphatic heterocycles. The second kappa shape index (κ2) is 31.2. The Morgan fingerprint density at radius 3 is 1.92 bits per heavy atom. The first-order valence-electron chi connectivity index (χ1n) is 25.6. The fourth-order valence-corrected chi connectivity index (χ4v) is 8.39. The van der Waals surface area contributed by atoms with Crippen molar-refractivity contribution in [2.45, 2.75) is 129 Å². The number of aliphatic carboxylic acids is 2. The molecule has 10 atom stereocenters. The summed E-state index contributed by atoms with van der Waals surface area (Å²) in [5, 5.41) is 36.2. The summed E-state index contributed by atoms with van der Waals surface area (Å²) >= 11 is 0. The first-order chi connectivity index (χ1) is 36.3. The first-order valence-corrected chi connectivity index (χ1v) is 25.6. The lowest BCUT2D eigenvalue weighted by molar-refractivity contribution is -0.146. The van der Waals surface area contributed by atoms with E-state index in [1.54, 1.807) is 64.3 Å². The first kappa shape index (κ1) is 63.4. The molecule has 1 aliphatic rings. The minimum atomic E-state index is -1.91. The van der Waals surface area contributed by atoms with Gasteiger partial charge in [-0.25, -0.2) is 9.59 Å². The number of aliphatic imine (C=N–C) groups is 1. The van der Waals surface area contributed by atoms with E-state index in [0.717, 1.165) is 10.5 Å². The average Bonchev–Trinajstić information content (AvgIpc) is 3.38. The van der Waals surface area contributed by atoms with E-state index < -0.39 is 120 Å². The predicted octanol–water partition coefficient (Wildman–Crippen LogP) is 1.84. The number of benzene rings is 2. The average molecular weight is 1070 g/mol. The number of nitrogens with two attached hydrogens (primary N) is 2. The second-order valence-corrected chi connectivity index (χ2v) is 19.8. The van der Waals surface area contributed by atoms with Crippen molar-refractivity contribution in [2.75, 3.05) is 20.7 Å². The number of carbonyl (C=O) groups is 9. The summed E-state index contributed by atoms with van der Waals surface area (Å²) in [6.45, 7) is 13.7. The van der Waals surface area contributed by atoms with Gasteiger partial charge in [0.15, 0.2) is 5.96 Å². The van der Waals surface area contributed by atoms with Gasteiger partial charge in [0, 0.05) is 39.5 Å². The van der Waals surface area contributed by atoms with Crippen molar-refractivity contribution in [3.05, 3.63) is 108 Å². The molecule has 1 fully saturated rings. The Morgan fingerprint density at radius 2 is 1.35 bits per heavy atom. The fraction of sp³-hybridized carbons (Fsp3) is 0.491. The maximum atomic E-state index is 14.5. The molecule has 0 radical (unpaired) electrons. The van der Waals surface area contributed by atoms with E-state index in [1.807, 2.05) is 43.3 Å². The van der Waals surface area contributed by atoms with Crippen LogP contribution >= 0.6 is 0 Å². The van der Waals surface area contributed by atoms with Crippen LogP contribution in [0.1, 0.15) is 84.8 Å².